The Bertz CT molecular complexity index is 99.5. The van der Waals surface area contributed by atoms with Crippen LogP contribution >= 0.6 is 0 Å². The Morgan fingerprint density at radius 1 is 0.667 bits per heavy atom. The average molecular weight is 215 g/mol. The highest BCUT2D eigenvalue weighted by molar-refractivity contribution is 4.49. The van der Waals surface area contributed by atoms with Gasteiger partial charge in [0, 0.05) is 0 Å². The third kappa shape index (κ3) is 16.6. The molecule has 0 amide bonds. The van der Waals surface area contributed by atoms with Gasteiger partial charge in [-0.15, -0.1) is 0 Å². The summed E-state index contributed by atoms with van der Waals surface area (Å²) in [4.78, 5) is 0. The highest BCUT2D eigenvalue weighted by Crippen LogP contribution is 2.12. The quantitative estimate of drug-likeness (QED) is 0.464. The molecule has 0 unspecified atom stereocenters. The van der Waals surface area contributed by atoms with Gasteiger partial charge in [0.25, 0.3) is 0 Å². The predicted molar refractivity (Wildman–Crippen MR) is 71.7 cm³/mol. The van der Waals surface area contributed by atoms with E-state index in [1.54, 1.807) is 0 Å². The van der Waals surface area contributed by atoms with Crippen LogP contribution in [0.5, 0.6) is 0 Å². The number of rotatable bonds is 10. The molecule has 0 aromatic carbocycles. The monoisotopic (exact) mass is 215 g/mol. The van der Waals surface area contributed by atoms with Crippen LogP contribution in [0.4, 0.5) is 0 Å². The second-order valence-corrected chi connectivity index (χ2v) is 5.01. The van der Waals surface area contributed by atoms with Crippen LogP contribution in [-0.4, -0.2) is 0 Å². The van der Waals surface area contributed by atoms with Crippen LogP contribution < -0.4 is 6.15 Å². The van der Waals surface area contributed by atoms with E-state index in [4.69, 9.17) is 0 Å². The summed E-state index contributed by atoms with van der Waals surface area (Å²) in [5.41, 5.74) is 0. The summed E-state index contributed by atoms with van der Waals surface area (Å²) >= 11 is 0. The predicted octanol–water partition coefficient (Wildman–Crippen LogP) is 5.73. The Morgan fingerprint density at radius 3 is 1.47 bits per heavy atom. The Hall–Kier alpha value is -0.0400. The molecule has 0 fully saturated rings. The summed E-state index contributed by atoms with van der Waals surface area (Å²) in [6, 6.07) is 0. The molecule has 0 aromatic heterocycles. The zero-order chi connectivity index (χ0) is 10.6. The highest BCUT2D eigenvalue weighted by atomic mass is 14.0. The summed E-state index contributed by atoms with van der Waals surface area (Å²) in [5, 5.41) is 0. The Balaban J connectivity index is 0. The topological polar surface area (TPSA) is 35.0 Å². The first kappa shape index (κ1) is 17.4. The lowest BCUT2D eigenvalue weighted by molar-refractivity contribution is 0.507. The minimum absolute atomic E-state index is 0. The van der Waals surface area contributed by atoms with E-state index in [0.717, 1.165) is 5.92 Å². The van der Waals surface area contributed by atoms with Crippen molar-refractivity contribution in [3.63, 3.8) is 0 Å². The van der Waals surface area contributed by atoms with Gasteiger partial charge in [-0.2, -0.15) is 0 Å². The van der Waals surface area contributed by atoms with Crippen molar-refractivity contribution >= 4 is 0 Å². The zero-order valence-electron chi connectivity index (χ0n) is 11.4. The maximum Gasteiger partial charge on any atom is -0.0471 e. The maximum absolute atomic E-state index is 2.32. The Morgan fingerprint density at radius 2 is 1.07 bits per heavy atom. The van der Waals surface area contributed by atoms with Gasteiger partial charge in [0.2, 0.25) is 0 Å². The zero-order valence-corrected chi connectivity index (χ0v) is 11.4. The maximum atomic E-state index is 2.32. The van der Waals surface area contributed by atoms with E-state index >= 15 is 0 Å². The first-order valence-electron chi connectivity index (χ1n) is 6.77. The van der Waals surface area contributed by atoms with E-state index in [-0.39, 0.29) is 6.15 Å². The van der Waals surface area contributed by atoms with Crippen molar-refractivity contribution in [3.8, 4) is 0 Å². The molecule has 0 aliphatic heterocycles. The molecule has 0 heterocycles. The molecular weight excluding hydrogens is 182 g/mol. The van der Waals surface area contributed by atoms with Crippen molar-refractivity contribution in [2.75, 3.05) is 0 Å². The fourth-order valence-corrected chi connectivity index (χ4v) is 1.86. The van der Waals surface area contributed by atoms with E-state index in [0.29, 0.717) is 0 Å². The minimum Gasteiger partial charge on any atom is -0.344 e. The molecule has 0 rings (SSSR count). The molecule has 0 atom stereocenters. The van der Waals surface area contributed by atoms with Gasteiger partial charge in [-0.1, -0.05) is 85.0 Å². The highest BCUT2D eigenvalue weighted by Gasteiger charge is 1.94. The summed E-state index contributed by atoms with van der Waals surface area (Å²) in [6.45, 7) is 6.93. The molecule has 0 spiro atoms. The summed E-state index contributed by atoms with van der Waals surface area (Å²) in [6.07, 6.45) is 14.5. The molecular formula is C14H33N. The molecule has 0 aromatic rings. The standard InChI is InChI=1S/C14H30.H3N/c1-4-5-6-7-8-9-10-11-12-13-14(2)3;/h14H,4-13H2,1-3H3;1H3. The van der Waals surface area contributed by atoms with Crippen LogP contribution in [0.25, 0.3) is 0 Å². The van der Waals surface area contributed by atoms with Crippen LogP contribution in [0.1, 0.15) is 85.0 Å². The molecule has 1 heteroatoms. The third-order valence-corrected chi connectivity index (χ3v) is 2.89. The van der Waals surface area contributed by atoms with Crippen molar-refractivity contribution in [3.05, 3.63) is 0 Å². The van der Waals surface area contributed by atoms with Crippen LogP contribution in [0, 0.1) is 5.92 Å². The number of hydrogen-bond acceptors (Lipinski definition) is 1. The van der Waals surface area contributed by atoms with Crippen molar-refractivity contribution < 1.29 is 0 Å². The van der Waals surface area contributed by atoms with E-state index in [1.807, 2.05) is 0 Å². The van der Waals surface area contributed by atoms with Gasteiger partial charge in [0.05, 0.1) is 0 Å². The lowest BCUT2D eigenvalue weighted by atomic mass is 10.0. The molecule has 0 saturated carbocycles. The first-order chi connectivity index (χ1) is 6.77. The second-order valence-electron chi connectivity index (χ2n) is 5.01. The van der Waals surface area contributed by atoms with Gasteiger partial charge in [-0.25, -0.2) is 0 Å². The van der Waals surface area contributed by atoms with Gasteiger partial charge >= 0.3 is 0 Å². The average Bonchev–Trinajstić information content (AvgIpc) is 2.15. The summed E-state index contributed by atoms with van der Waals surface area (Å²) in [7, 11) is 0. The fraction of sp³-hybridized carbons (Fsp3) is 1.00. The van der Waals surface area contributed by atoms with Crippen molar-refractivity contribution in [1.29, 1.82) is 0 Å². The lowest BCUT2D eigenvalue weighted by Gasteiger charge is -2.04. The van der Waals surface area contributed by atoms with E-state index in [2.05, 4.69) is 20.8 Å². The normalized spacial score (nSPS) is 10.4. The van der Waals surface area contributed by atoms with E-state index < -0.39 is 0 Å². The molecule has 1 nitrogen and oxygen atoms in total. The third-order valence-electron chi connectivity index (χ3n) is 2.89. The second kappa shape index (κ2) is 14.0. The van der Waals surface area contributed by atoms with Crippen molar-refractivity contribution in [1.82, 2.24) is 6.15 Å². The molecule has 0 bridgehead atoms. The van der Waals surface area contributed by atoms with Gasteiger partial charge in [0.1, 0.15) is 0 Å². The molecule has 0 aliphatic carbocycles. The van der Waals surface area contributed by atoms with Gasteiger partial charge < -0.3 is 6.15 Å². The fourth-order valence-electron chi connectivity index (χ4n) is 1.86. The molecule has 15 heavy (non-hydrogen) atoms. The first-order valence-corrected chi connectivity index (χ1v) is 6.77. The van der Waals surface area contributed by atoms with Crippen LogP contribution in [0.15, 0.2) is 0 Å². The Labute approximate surface area is 97.6 Å². The smallest absolute Gasteiger partial charge is 0.0471 e. The molecule has 0 saturated heterocycles. The minimum atomic E-state index is 0. The molecule has 0 aliphatic rings. The van der Waals surface area contributed by atoms with E-state index in [1.165, 1.54) is 64.2 Å². The van der Waals surface area contributed by atoms with Gasteiger partial charge in [0.15, 0.2) is 0 Å². The summed E-state index contributed by atoms with van der Waals surface area (Å²) in [5.74, 6) is 0.902. The lowest BCUT2D eigenvalue weighted by Crippen LogP contribution is -1.87. The van der Waals surface area contributed by atoms with Crippen LogP contribution in [-0.2, 0) is 0 Å². The van der Waals surface area contributed by atoms with Gasteiger partial charge in [-0.05, 0) is 5.92 Å². The molecule has 94 valence electrons. The number of hydrogen-bond donors (Lipinski definition) is 1. The number of unbranched alkanes of at least 4 members (excludes halogenated alkanes) is 8. The SMILES string of the molecule is CCCCCCCCCCCC(C)C.N. The largest absolute Gasteiger partial charge is 0.344 e. The van der Waals surface area contributed by atoms with E-state index in [9.17, 15) is 0 Å². The molecule has 3 N–H and O–H groups in total. The molecule has 0 radical (unpaired) electrons. The van der Waals surface area contributed by atoms with Gasteiger partial charge in [-0.3, -0.25) is 0 Å². The van der Waals surface area contributed by atoms with Crippen molar-refractivity contribution in [2.24, 2.45) is 5.92 Å². The Kier molecular flexibility index (Phi) is 16.2. The van der Waals surface area contributed by atoms with Crippen LogP contribution in [0.2, 0.25) is 0 Å². The van der Waals surface area contributed by atoms with Crippen LogP contribution in [0.3, 0.4) is 0 Å². The van der Waals surface area contributed by atoms with Crippen molar-refractivity contribution in [2.45, 2.75) is 85.0 Å². The summed E-state index contributed by atoms with van der Waals surface area (Å²) < 4.78 is 0.